The van der Waals surface area contributed by atoms with Crippen LogP contribution in [0.3, 0.4) is 0 Å². The van der Waals surface area contributed by atoms with Gasteiger partial charge in [-0.1, -0.05) is 23.8 Å². The molecule has 0 bridgehead atoms. The summed E-state index contributed by atoms with van der Waals surface area (Å²) in [6, 6.07) is 8.11. The number of aromatic hydroxyl groups is 1. The molecule has 0 heterocycles. The standard InChI is InChI=1S/C21H23FO4S/c1-13(2)9-10-15-17(25-3)11-14(19(20(15)23)21(24)26-4)12-27-18-8-6-5-7-16(18)22/h5-9,11,23H,10,12H2,1-4H3. The molecule has 0 aromatic heterocycles. The molecule has 0 radical (unpaired) electrons. The molecule has 2 aromatic carbocycles. The summed E-state index contributed by atoms with van der Waals surface area (Å²) in [5.41, 5.74) is 2.19. The number of esters is 1. The maximum atomic E-state index is 13.9. The van der Waals surface area contributed by atoms with Crippen LogP contribution in [-0.2, 0) is 16.9 Å². The van der Waals surface area contributed by atoms with Gasteiger partial charge in [0.25, 0.3) is 0 Å². The number of hydrogen-bond donors (Lipinski definition) is 1. The number of allylic oxidation sites excluding steroid dienone is 2. The van der Waals surface area contributed by atoms with Gasteiger partial charge in [0.1, 0.15) is 22.9 Å². The van der Waals surface area contributed by atoms with Crippen LogP contribution in [0.2, 0.25) is 0 Å². The van der Waals surface area contributed by atoms with Crippen molar-refractivity contribution >= 4 is 17.7 Å². The van der Waals surface area contributed by atoms with Crippen LogP contribution in [0.5, 0.6) is 11.5 Å². The lowest BCUT2D eigenvalue weighted by Gasteiger charge is -2.17. The Balaban J connectivity index is 2.48. The molecule has 0 aliphatic rings. The maximum absolute atomic E-state index is 13.9. The van der Waals surface area contributed by atoms with E-state index >= 15 is 0 Å². The van der Waals surface area contributed by atoms with E-state index < -0.39 is 5.97 Å². The first kappa shape index (κ1) is 20.8. The molecule has 0 spiro atoms. The minimum atomic E-state index is -0.641. The molecule has 6 heteroatoms. The van der Waals surface area contributed by atoms with Crippen LogP contribution in [0.1, 0.15) is 35.3 Å². The molecule has 1 N–H and O–H groups in total. The van der Waals surface area contributed by atoms with Gasteiger partial charge in [-0.3, -0.25) is 0 Å². The largest absolute Gasteiger partial charge is 0.507 e. The number of hydrogen-bond acceptors (Lipinski definition) is 5. The summed E-state index contributed by atoms with van der Waals surface area (Å²) in [5, 5.41) is 10.8. The first-order valence-corrected chi connectivity index (χ1v) is 9.38. The number of rotatable bonds is 7. The molecule has 0 aliphatic heterocycles. The van der Waals surface area contributed by atoms with Crippen molar-refractivity contribution in [2.75, 3.05) is 14.2 Å². The van der Waals surface area contributed by atoms with Gasteiger partial charge < -0.3 is 14.6 Å². The minimum Gasteiger partial charge on any atom is -0.507 e. The maximum Gasteiger partial charge on any atom is 0.341 e. The van der Waals surface area contributed by atoms with Crippen LogP contribution in [0.25, 0.3) is 0 Å². The van der Waals surface area contributed by atoms with Crippen molar-refractivity contribution in [2.45, 2.75) is 30.9 Å². The molecular weight excluding hydrogens is 367 g/mol. The minimum absolute atomic E-state index is 0.0827. The van der Waals surface area contributed by atoms with Crippen LogP contribution >= 0.6 is 11.8 Å². The summed E-state index contributed by atoms with van der Waals surface area (Å²) >= 11 is 1.23. The third kappa shape index (κ3) is 5.04. The van der Waals surface area contributed by atoms with Crippen molar-refractivity contribution in [1.82, 2.24) is 0 Å². The summed E-state index contributed by atoms with van der Waals surface area (Å²) in [7, 11) is 2.77. The number of ether oxygens (including phenoxy) is 2. The zero-order valence-electron chi connectivity index (χ0n) is 15.8. The SMILES string of the molecule is COC(=O)c1c(CSc2ccccc2F)cc(OC)c(CC=C(C)C)c1O. The van der Waals surface area contributed by atoms with Crippen molar-refractivity contribution in [3.63, 3.8) is 0 Å². The lowest BCUT2D eigenvalue weighted by atomic mass is 9.99. The highest BCUT2D eigenvalue weighted by molar-refractivity contribution is 7.98. The Morgan fingerprint density at radius 3 is 2.56 bits per heavy atom. The van der Waals surface area contributed by atoms with Crippen LogP contribution in [0.4, 0.5) is 4.39 Å². The highest BCUT2D eigenvalue weighted by Crippen LogP contribution is 2.38. The van der Waals surface area contributed by atoms with E-state index in [0.29, 0.717) is 28.2 Å². The van der Waals surface area contributed by atoms with E-state index in [1.54, 1.807) is 24.3 Å². The summed E-state index contributed by atoms with van der Waals surface area (Å²) in [4.78, 5) is 12.8. The second-order valence-corrected chi connectivity index (χ2v) is 7.15. The quantitative estimate of drug-likeness (QED) is 0.404. The van der Waals surface area contributed by atoms with Gasteiger partial charge in [0, 0.05) is 16.2 Å². The molecule has 0 amide bonds. The molecule has 0 atom stereocenters. The highest BCUT2D eigenvalue weighted by atomic mass is 32.2. The Labute approximate surface area is 163 Å². The molecule has 0 fully saturated rings. The monoisotopic (exact) mass is 390 g/mol. The summed E-state index contributed by atoms with van der Waals surface area (Å²) in [6.45, 7) is 3.90. The number of phenolic OH excluding ortho intramolecular Hbond substituents is 1. The fourth-order valence-corrected chi connectivity index (χ4v) is 3.50. The number of benzene rings is 2. The van der Waals surface area contributed by atoms with E-state index in [-0.39, 0.29) is 22.9 Å². The summed E-state index contributed by atoms with van der Waals surface area (Å²) in [6.07, 6.45) is 2.36. The number of carbonyl (C=O) groups excluding carboxylic acids is 1. The Morgan fingerprint density at radius 1 is 1.26 bits per heavy atom. The van der Waals surface area contributed by atoms with Gasteiger partial charge in [-0.25, -0.2) is 9.18 Å². The second kappa shape index (κ2) is 9.46. The van der Waals surface area contributed by atoms with Crippen molar-refractivity contribution in [1.29, 1.82) is 0 Å². The fourth-order valence-electron chi connectivity index (χ4n) is 2.58. The topological polar surface area (TPSA) is 55.8 Å². The van der Waals surface area contributed by atoms with Gasteiger partial charge in [0.05, 0.1) is 14.2 Å². The van der Waals surface area contributed by atoms with Crippen LogP contribution < -0.4 is 4.74 Å². The average Bonchev–Trinajstić information content (AvgIpc) is 2.65. The number of methoxy groups -OCH3 is 2. The number of thioether (sulfide) groups is 1. The van der Waals surface area contributed by atoms with Crippen molar-refractivity contribution in [3.05, 3.63) is 64.5 Å². The third-order valence-corrected chi connectivity index (χ3v) is 5.09. The van der Waals surface area contributed by atoms with Gasteiger partial charge in [0.15, 0.2) is 0 Å². The van der Waals surface area contributed by atoms with E-state index in [9.17, 15) is 14.3 Å². The third-order valence-electron chi connectivity index (χ3n) is 3.99. The van der Waals surface area contributed by atoms with Crippen LogP contribution in [-0.4, -0.2) is 25.3 Å². The fraction of sp³-hybridized carbons (Fsp3) is 0.286. The van der Waals surface area contributed by atoms with Gasteiger partial charge in [0.2, 0.25) is 0 Å². The molecule has 144 valence electrons. The first-order chi connectivity index (χ1) is 12.9. The van der Waals surface area contributed by atoms with Crippen LogP contribution in [0, 0.1) is 5.82 Å². The lowest BCUT2D eigenvalue weighted by Crippen LogP contribution is -2.08. The van der Waals surface area contributed by atoms with Gasteiger partial charge in [-0.15, -0.1) is 11.8 Å². The molecule has 2 aromatic rings. The summed E-state index contributed by atoms with van der Waals surface area (Å²) in [5.74, 6) is -0.390. The second-order valence-electron chi connectivity index (χ2n) is 6.14. The van der Waals surface area contributed by atoms with E-state index in [1.807, 2.05) is 19.9 Å². The lowest BCUT2D eigenvalue weighted by molar-refractivity contribution is 0.0596. The zero-order chi connectivity index (χ0) is 20.0. The van der Waals surface area contributed by atoms with Gasteiger partial charge in [-0.05, 0) is 44.0 Å². The van der Waals surface area contributed by atoms with Crippen molar-refractivity contribution in [2.24, 2.45) is 0 Å². The van der Waals surface area contributed by atoms with Crippen molar-refractivity contribution < 1.29 is 23.8 Å². The normalized spacial score (nSPS) is 10.4. The Kier molecular flexibility index (Phi) is 7.30. The van der Waals surface area contributed by atoms with E-state index in [4.69, 9.17) is 9.47 Å². The number of halogens is 1. The molecular formula is C21H23FO4S. The summed E-state index contributed by atoms with van der Waals surface area (Å²) < 4.78 is 24.2. The van der Waals surface area contributed by atoms with Crippen molar-refractivity contribution in [3.8, 4) is 11.5 Å². The Hall–Kier alpha value is -2.47. The molecule has 0 unspecified atom stereocenters. The van der Waals surface area contributed by atoms with E-state index in [1.165, 1.54) is 32.0 Å². The first-order valence-electron chi connectivity index (χ1n) is 8.39. The highest BCUT2D eigenvalue weighted by Gasteiger charge is 2.23. The molecule has 2 rings (SSSR count). The average molecular weight is 390 g/mol. The number of phenols is 1. The zero-order valence-corrected chi connectivity index (χ0v) is 16.7. The Bertz CT molecular complexity index is 858. The molecule has 0 aliphatic carbocycles. The van der Waals surface area contributed by atoms with E-state index in [2.05, 4.69) is 0 Å². The van der Waals surface area contributed by atoms with Gasteiger partial charge in [-0.2, -0.15) is 0 Å². The molecule has 4 nitrogen and oxygen atoms in total. The van der Waals surface area contributed by atoms with E-state index in [0.717, 1.165) is 5.57 Å². The molecule has 27 heavy (non-hydrogen) atoms. The predicted molar refractivity (Wildman–Crippen MR) is 105 cm³/mol. The van der Waals surface area contributed by atoms with Gasteiger partial charge >= 0.3 is 5.97 Å². The molecule has 0 saturated carbocycles. The molecule has 0 saturated heterocycles. The smallest absolute Gasteiger partial charge is 0.341 e. The Morgan fingerprint density at radius 2 is 1.96 bits per heavy atom. The number of carbonyl (C=O) groups is 1. The van der Waals surface area contributed by atoms with Crippen LogP contribution in [0.15, 0.2) is 46.9 Å². The predicted octanol–water partition coefficient (Wildman–Crippen LogP) is 5.13.